The van der Waals surface area contributed by atoms with Gasteiger partial charge in [0.15, 0.2) is 0 Å². The maximum atomic E-state index is 12.9. The van der Waals surface area contributed by atoms with Crippen LogP contribution in [0.25, 0.3) is 5.57 Å². The Balaban J connectivity index is 0.00000247. The van der Waals surface area contributed by atoms with Crippen LogP contribution in [0, 0.1) is 5.92 Å². The van der Waals surface area contributed by atoms with E-state index in [9.17, 15) is 4.79 Å². The first-order valence-corrected chi connectivity index (χ1v) is 13.6. The van der Waals surface area contributed by atoms with Gasteiger partial charge in [-0.25, -0.2) is 9.78 Å². The molecule has 6 heteroatoms. The fourth-order valence-corrected chi connectivity index (χ4v) is 4.34. The zero-order chi connectivity index (χ0) is 28.8. The number of hydrogen-bond donors (Lipinski definition) is 1. The molecule has 1 saturated heterocycles. The SMILES string of the molecule is C=C(C)C(=C)/C=C1/OCC(/C=C(\C)c2cnc(C3CC(CC)CN3C(=O)OC(C)(C)C)[nH]2)=C(C)C1=C.CC. The van der Waals surface area contributed by atoms with Gasteiger partial charge in [-0.1, -0.05) is 58.6 Å². The molecule has 2 aliphatic heterocycles. The summed E-state index contributed by atoms with van der Waals surface area (Å²) in [5, 5.41) is 0. The second kappa shape index (κ2) is 13.0. The summed E-state index contributed by atoms with van der Waals surface area (Å²) in [6.45, 7) is 31.2. The molecule has 2 atom stereocenters. The lowest BCUT2D eigenvalue weighted by Crippen LogP contribution is -2.37. The Morgan fingerprint density at radius 3 is 2.53 bits per heavy atom. The van der Waals surface area contributed by atoms with Gasteiger partial charge in [-0.05, 0) is 82.2 Å². The first-order chi connectivity index (χ1) is 17.8. The number of nitrogens with zero attached hydrogens (tertiary/aromatic N) is 2. The Hall–Kier alpha value is -3.28. The number of allylic oxidation sites excluding steroid dienone is 5. The van der Waals surface area contributed by atoms with Crippen LogP contribution in [-0.4, -0.2) is 39.7 Å². The summed E-state index contributed by atoms with van der Waals surface area (Å²) in [6.07, 6.45) is 7.43. The van der Waals surface area contributed by atoms with Crippen LogP contribution >= 0.6 is 0 Å². The van der Waals surface area contributed by atoms with E-state index in [1.165, 1.54) is 0 Å². The third-order valence-corrected chi connectivity index (χ3v) is 6.79. The monoisotopic (exact) mass is 521 g/mol. The minimum Gasteiger partial charge on any atom is -0.488 e. The van der Waals surface area contributed by atoms with E-state index >= 15 is 0 Å². The van der Waals surface area contributed by atoms with Crippen LogP contribution in [0.2, 0.25) is 0 Å². The minimum absolute atomic E-state index is 0.126. The number of carbonyl (C=O) groups excluding carboxylic acids is 1. The van der Waals surface area contributed by atoms with Crippen molar-refractivity contribution in [2.75, 3.05) is 13.2 Å². The lowest BCUT2D eigenvalue weighted by molar-refractivity contribution is 0.0213. The summed E-state index contributed by atoms with van der Waals surface area (Å²) >= 11 is 0. The van der Waals surface area contributed by atoms with Gasteiger partial charge in [0.1, 0.15) is 23.8 Å². The maximum Gasteiger partial charge on any atom is 0.410 e. The molecule has 1 N–H and O–H groups in total. The van der Waals surface area contributed by atoms with E-state index in [2.05, 4.69) is 49.6 Å². The number of imidazole rings is 1. The fraction of sp³-hybridized carbons (Fsp3) is 0.500. The van der Waals surface area contributed by atoms with Crippen molar-refractivity contribution in [3.63, 3.8) is 0 Å². The van der Waals surface area contributed by atoms with E-state index in [-0.39, 0.29) is 12.1 Å². The Morgan fingerprint density at radius 2 is 1.95 bits per heavy atom. The molecule has 2 aliphatic rings. The van der Waals surface area contributed by atoms with Gasteiger partial charge in [0.2, 0.25) is 0 Å². The van der Waals surface area contributed by atoms with E-state index in [1.807, 2.05) is 65.6 Å². The van der Waals surface area contributed by atoms with Crippen LogP contribution in [-0.2, 0) is 9.47 Å². The predicted molar refractivity (Wildman–Crippen MR) is 157 cm³/mol. The number of ether oxygens (including phenoxy) is 2. The average Bonchev–Trinajstić information content (AvgIpc) is 3.51. The molecule has 6 nitrogen and oxygen atoms in total. The predicted octanol–water partition coefficient (Wildman–Crippen LogP) is 8.47. The summed E-state index contributed by atoms with van der Waals surface area (Å²) in [6, 6.07) is -0.126. The molecule has 1 fully saturated rings. The van der Waals surface area contributed by atoms with Crippen molar-refractivity contribution in [1.29, 1.82) is 0 Å². The topological polar surface area (TPSA) is 67.4 Å². The average molecular weight is 522 g/mol. The number of aromatic nitrogens is 2. The Kier molecular flexibility index (Phi) is 10.6. The highest BCUT2D eigenvalue weighted by atomic mass is 16.6. The molecule has 1 amide bonds. The van der Waals surface area contributed by atoms with Gasteiger partial charge >= 0.3 is 6.09 Å². The lowest BCUT2D eigenvalue weighted by Gasteiger charge is -2.27. The standard InChI is InChI=1S/C30H41N3O3.C2H6/c1-11-23-14-26(33(16-23)29(34)36-30(8,9)10)28-31-15-25(32-28)20(5)12-24-17-35-27(22(7)21(24)6)13-19(4)18(2)3;1-2/h12-13,15,23,26H,2,4,7,11,14,16-17H2,1,3,5-6,8-10H3,(H,31,32);1-2H3/b20-12+,27-13+;. The highest BCUT2D eigenvalue weighted by molar-refractivity contribution is 5.69. The smallest absolute Gasteiger partial charge is 0.410 e. The summed E-state index contributed by atoms with van der Waals surface area (Å²) in [5.74, 6) is 1.94. The number of aromatic amines is 1. The number of H-pyrrole nitrogens is 1. The molecule has 2 unspecified atom stereocenters. The molecular formula is C32H47N3O3. The molecule has 0 aromatic carbocycles. The van der Waals surface area contributed by atoms with Crippen LogP contribution in [0.3, 0.4) is 0 Å². The number of carbonyl (C=O) groups is 1. The second-order valence-electron chi connectivity index (χ2n) is 10.9. The number of nitrogens with one attached hydrogen (secondary N) is 1. The highest BCUT2D eigenvalue weighted by Crippen LogP contribution is 2.37. The van der Waals surface area contributed by atoms with Gasteiger partial charge in [0, 0.05) is 12.1 Å². The van der Waals surface area contributed by atoms with E-state index in [1.54, 1.807) is 0 Å². The van der Waals surface area contributed by atoms with E-state index in [0.29, 0.717) is 19.1 Å². The molecule has 0 saturated carbocycles. The van der Waals surface area contributed by atoms with Crippen molar-refractivity contribution in [2.45, 2.75) is 86.8 Å². The lowest BCUT2D eigenvalue weighted by atomic mass is 9.95. The molecule has 3 heterocycles. The number of hydrogen-bond acceptors (Lipinski definition) is 4. The summed E-state index contributed by atoms with van der Waals surface area (Å²) in [5.41, 5.74) is 6.13. The van der Waals surface area contributed by atoms with Crippen LogP contribution < -0.4 is 0 Å². The van der Waals surface area contributed by atoms with E-state index in [4.69, 9.17) is 9.47 Å². The molecule has 38 heavy (non-hydrogen) atoms. The molecule has 0 radical (unpaired) electrons. The first-order valence-electron chi connectivity index (χ1n) is 13.6. The molecular weight excluding hydrogens is 474 g/mol. The molecule has 1 aromatic heterocycles. The van der Waals surface area contributed by atoms with Crippen molar-refractivity contribution in [2.24, 2.45) is 5.92 Å². The third kappa shape index (κ3) is 7.62. The van der Waals surface area contributed by atoms with Crippen LogP contribution in [0.4, 0.5) is 4.79 Å². The minimum atomic E-state index is -0.538. The molecule has 3 rings (SSSR count). The normalized spacial score (nSPS) is 21.2. The van der Waals surface area contributed by atoms with Gasteiger partial charge in [-0.3, -0.25) is 4.90 Å². The quantitative estimate of drug-likeness (QED) is 0.381. The fourth-order valence-electron chi connectivity index (χ4n) is 4.34. The second-order valence-corrected chi connectivity index (χ2v) is 10.9. The molecule has 1 aromatic rings. The zero-order valence-electron chi connectivity index (χ0n) is 25.0. The Morgan fingerprint density at radius 1 is 1.29 bits per heavy atom. The summed E-state index contributed by atoms with van der Waals surface area (Å²) < 4.78 is 11.7. The van der Waals surface area contributed by atoms with Crippen LogP contribution in [0.5, 0.6) is 0 Å². The maximum absolute atomic E-state index is 12.9. The van der Waals surface area contributed by atoms with Gasteiger partial charge in [0.05, 0.1) is 17.9 Å². The van der Waals surface area contributed by atoms with Crippen molar-refractivity contribution < 1.29 is 14.3 Å². The number of rotatable bonds is 6. The summed E-state index contributed by atoms with van der Waals surface area (Å²) in [7, 11) is 0. The van der Waals surface area contributed by atoms with Gasteiger partial charge < -0.3 is 14.5 Å². The zero-order valence-corrected chi connectivity index (χ0v) is 25.0. The third-order valence-electron chi connectivity index (χ3n) is 6.79. The number of likely N-dealkylation sites (tertiary alicyclic amines) is 1. The van der Waals surface area contributed by atoms with Crippen LogP contribution in [0.15, 0.2) is 71.7 Å². The Bertz CT molecular complexity index is 1160. The highest BCUT2D eigenvalue weighted by Gasteiger charge is 2.39. The van der Waals surface area contributed by atoms with Crippen LogP contribution in [0.1, 0.15) is 92.7 Å². The van der Waals surface area contributed by atoms with Gasteiger partial charge in [0.25, 0.3) is 0 Å². The van der Waals surface area contributed by atoms with Crippen molar-refractivity contribution in [1.82, 2.24) is 14.9 Å². The first kappa shape index (κ1) is 30.9. The molecule has 0 aliphatic carbocycles. The largest absolute Gasteiger partial charge is 0.488 e. The van der Waals surface area contributed by atoms with Gasteiger partial charge in [-0.2, -0.15) is 0 Å². The molecule has 0 spiro atoms. The van der Waals surface area contributed by atoms with Crippen molar-refractivity contribution >= 4 is 11.7 Å². The number of amides is 1. The molecule has 0 bridgehead atoms. The van der Waals surface area contributed by atoms with E-state index in [0.717, 1.165) is 63.6 Å². The van der Waals surface area contributed by atoms with Crippen molar-refractivity contribution in [3.05, 3.63) is 83.2 Å². The Labute approximate surface area is 229 Å². The van der Waals surface area contributed by atoms with Gasteiger partial charge in [-0.15, -0.1) is 0 Å². The van der Waals surface area contributed by atoms with Crippen molar-refractivity contribution in [3.8, 4) is 0 Å². The summed E-state index contributed by atoms with van der Waals surface area (Å²) in [4.78, 5) is 22.9. The van der Waals surface area contributed by atoms with E-state index < -0.39 is 5.60 Å². The molecule has 208 valence electrons.